The Morgan fingerprint density at radius 2 is 2.30 bits per heavy atom. The molecule has 1 aliphatic carbocycles. The number of thiophene rings is 1. The molecule has 0 unspecified atom stereocenters. The lowest BCUT2D eigenvalue weighted by Crippen LogP contribution is -2.42. The smallest absolute Gasteiger partial charge is 0.129 e. The molecule has 2 aromatic heterocycles. The van der Waals surface area contributed by atoms with Gasteiger partial charge in [0.2, 0.25) is 0 Å². The fourth-order valence-electron chi connectivity index (χ4n) is 3.58. The van der Waals surface area contributed by atoms with Crippen molar-refractivity contribution >= 4 is 11.3 Å². The Morgan fingerprint density at radius 3 is 3.09 bits per heavy atom. The van der Waals surface area contributed by atoms with Crippen molar-refractivity contribution in [2.24, 2.45) is 5.92 Å². The van der Waals surface area contributed by atoms with Crippen LogP contribution in [0, 0.1) is 5.92 Å². The van der Waals surface area contributed by atoms with E-state index in [0.717, 1.165) is 24.6 Å². The topological polar surface area (TPSA) is 45.8 Å². The number of rotatable bonds is 7. The molecule has 1 fully saturated rings. The highest BCUT2D eigenvalue weighted by Gasteiger charge is 2.40. The average Bonchev–Trinajstić information content (AvgIpc) is 3.05. The summed E-state index contributed by atoms with van der Waals surface area (Å²) < 4.78 is 10.8. The third-order valence-electron chi connectivity index (χ3n) is 4.77. The quantitative estimate of drug-likeness (QED) is 0.845. The van der Waals surface area contributed by atoms with Gasteiger partial charge in [-0.1, -0.05) is 0 Å². The molecule has 0 radical (unpaired) electrons. The van der Waals surface area contributed by atoms with Crippen molar-refractivity contribution < 1.29 is 14.3 Å². The number of furan rings is 1. The van der Waals surface area contributed by atoms with Crippen LogP contribution in [0.5, 0.6) is 0 Å². The zero-order chi connectivity index (χ0) is 15.6. The predicted octanol–water partition coefficient (Wildman–Crippen LogP) is 3.23. The summed E-state index contributed by atoms with van der Waals surface area (Å²) in [6.07, 6.45) is 4.94. The first kappa shape index (κ1) is 15.4. The van der Waals surface area contributed by atoms with Crippen LogP contribution in [-0.2, 0) is 17.8 Å². The highest BCUT2D eigenvalue weighted by atomic mass is 32.1. The number of hydrogen-bond donors (Lipinski definition) is 1. The minimum atomic E-state index is -0.452. The van der Waals surface area contributed by atoms with Crippen molar-refractivity contribution in [2.45, 2.75) is 38.0 Å². The number of nitrogens with zero attached hydrogens (tertiary/aromatic N) is 1. The van der Waals surface area contributed by atoms with E-state index in [4.69, 9.17) is 9.15 Å². The summed E-state index contributed by atoms with van der Waals surface area (Å²) in [5.41, 5.74) is 1.51. The maximum absolute atomic E-state index is 10.4. The third-order valence-corrected chi connectivity index (χ3v) is 5.76. The molecule has 3 heterocycles. The summed E-state index contributed by atoms with van der Waals surface area (Å²) in [4.78, 5) is 4.01. The van der Waals surface area contributed by atoms with E-state index in [9.17, 15) is 5.11 Å². The van der Waals surface area contributed by atoms with Gasteiger partial charge < -0.3 is 14.3 Å². The molecule has 2 aromatic rings. The van der Waals surface area contributed by atoms with Crippen LogP contribution in [0.3, 0.4) is 0 Å². The lowest BCUT2D eigenvalue weighted by molar-refractivity contribution is -0.00546. The first-order valence-corrected chi connectivity index (χ1v) is 9.27. The van der Waals surface area contributed by atoms with Gasteiger partial charge in [0, 0.05) is 24.0 Å². The summed E-state index contributed by atoms with van der Waals surface area (Å²) in [6.45, 7) is 2.51. The van der Waals surface area contributed by atoms with Crippen LogP contribution in [0.1, 0.15) is 35.1 Å². The van der Waals surface area contributed by atoms with Crippen molar-refractivity contribution in [3.05, 3.63) is 46.0 Å². The third kappa shape index (κ3) is 3.53. The van der Waals surface area contributed by atoms with E-state index in [1.807, 2.05) is 23.5 Å². The summed E-state index contributed by atoms with van der Waals surface area (Å²) in [6, 6.07) is 6.53. The molecule has 2 atom stereocenters. The van der Waals surface area contributed by atoms with Gasteiger partial charge in [-0.05, 0) is 54.3 Å². The second-order valence-electron chi connectivity index (χ2n) is 6.57. The Hall–Kier alpha value is -1.14. The Morgan fingerprint density at radius 1 is 1.39 bits per heavy atom. The standard InChI is InChI=1S/C18H23NO3S/c20-14(11-21-12-15-2-1-8-22-15)10-19-7-5-17-16(6-9-23-17)18(19)13-3-4-13/h1-2,6,8-9,13-14,18,20H,3-5,7,10-12H2/t14-,18-/m1/s1. The van der Waals surface area contributed by atoms with Gasteiger partial charge in [0.1, 0.15) is 12.4 Å². The summed E-state index contributed by atoms with van der Waals surface area (Å²) in [5, 5.41) is 12.6. The van der Waals surface area contributed by atoms with Crippen LogP contribution >= 0.6 is 11.3 Å². The first-order valence-electron chi connectivity index (χ1n) is 8.40. The lowest BCUT2D eigenvalue weighted by Gasteiger charge is -2.37. The number of hydrogen-bond acceptors (Lipinski definition) is 5. The minimum absolute atomic E-state index is 0.352. The van der Waals surface area contributed by atoms with Crippen LogP contribution in [0.15, 0.2) is 34.3 Å². The number of ether oxygens (including phenoxy) is 1. The second kappa shape index (κ2) is 6.77. The molecular formula is C18H23NO3S. The van der Waals surface area contributed by atoms with E-state index in [-0.39, 0.29) is 0 Å². The van der Waals surface area contributed by atoms with Crippen molar-refractivity contribution in [1.82, 2.24) is 4.90 Å². The fraction of sp³-hybridized carbons (Fsp3) is 0.556. The Kier molecular flexibility index (Phi) is 4.53. The summed E-state index contributed by atoms with van der Waals surface area (Å²) >= 11 is 1.88. The number of aliphatic hydroxyl groups is 1. The van der Waals surface area contributed by atoms with Crippen molar-refractivity contribution in [1.29, 1.82) is 0 Å². The molecule has 4 rings (SSSR count). The van der Waals surface area contributed by atoms with Gasteiger partial charge in [-0.15, -0.1) is 11.3 Å². The van der Waals surface area contributed by atoms with Crippen LogP contribution in [0.4, 0.5) is 0 Å². The van der Waals surface area contributed by atoms with E-state index >= 15 is 0 Å². The molecular weight excluding hydrogens is 310 g/mol. The van der Waals surface area contributed by atoms with Crippen LogP contribution in [0.2, 0.25) is 0 Å². The number of aliphatic hydroxyl groups excluding tert-OH is 1. The molecule has 0 saturated heterocycles. The largest absolute Gasteiger partial charge is 0.467 e. The molecule has 4 nitrogen and oxygen atoms in total. The van der Waals surface area contributed by atoms with Crippen molar-refractivity contribution in [3.8, 4) is 0 Å². The number of β-amino-alcohol motifs (C(OH)–C–C–N with tert-alkyl or cyclic N) is 1. The highest BCUT2D eigenvalue weighted by molar-refractivity contribution is 7.10. The minimum Gasteiger partial charge on any atom is -0.467 e. The lowest BCUT2D eigenvalue weighted by atomic mass is 9.95. The molecule has 1 N–H and O–H groups in total. The van der Waals surface area contributed by atoms with Crippen molar-refractivity contribution in [3.63, 3.8) is 0 Å². The molecule has 1 aliphatic heterocycles. The van der Waals surface area contributed by atoms with Gasteiger partial charge in [0.15, 0.2) is 0 Å². The Balaban J connectivity index is 1.32. The molecule has 124 valence electrons. The summed E-state index contributed by atoms with van der Waals surface area (Å²) in [7, 11) is 0. The van der Waals surface area contributed by atoms with Crippen LogP contribution in [0.25, 0.3) is 0 Å². The van der Waals surface area contributed by atoms with Gasteiger partial charge in [-0.3, -0.25) is 4.90 Å². The van der Waals surface area contributed by atoms with Gasteiger partial charge in [0.25, 0.3) is 0 Å². The Bertz CT molecular complexity index is 620. The SMILES string of the molecule is O[C@@H](COCc1ccco1)CN1CCc2sccc2[C@H]1C1CC1. The molecule has 0 amide bonds. The normalized spacial score (nSPS) is 22.9. The predicted molar refractivity (Wildman–Crippen MR) is 89.4 cm³/mol. The average molecular weight is 333 g/mol. The van der Waals surface area contributed by atoms with Crippen molar-refractivity contribution in [2.75, 3.05) is 19.7 Å². The fourth-order valence-corrected chi connectivity index (χ4v) is 4.49. The number of fused-ring (bicyclic) bond motifs is 1. The van der Waals surface area contributed by atoms with Crippen LogP contribution in [-0.4, -0.2) is 35.8 Å². The molecule has 1 saturated carbocycles. The second-order valence-corrected chi connectivity index (χ2v) is 7.58. The zero-order valence-corrected chi connectivity index (χ0v) is 14.0. The molecule has 0 aromatic carbocycles. The first-order chi connectivity index (χ1) is 11.3. The van der Waals surface area contributed by atoms with E-state index in [0.29, 0.717) is 25.8 Å². The zero-order valence-electron chi connectivity index (χ0n) is 13.2. The van der Waals surface area contributed by atoms with E-state index < -0.39 is 6.10 Å². The highest BCUT2D eigenvalue weighted by Crippen LogP contribution is 2.48. The maximum atomic E-state index is 10.4. The van der Waals surface area contributed by atoms with Gasteiger partial charge >= 0.3 is 0 Å². The van der Waals surface area contributed by atoms with Gasteiger partial charge in [0.05, 0.1) is 19.0 Å². The van der Waals surface area contributed by atoms with Crippen LogP contribution < -0.4 is 0 Å². The maximum Gasteiger partial charge on any atom is 0.129 e. The van der Waals surface area contributed by atoms with Gasteiger partial charge in [-0.25, -0.2) is 0 Å². The van der Waals surface area contributed by atoms with E-state index in [1.54, 1.807) is 11.1 Å². The Labute approximate surface area is 140 Å². The van der Waals surface area contributed by atoms with E-state index in [1.165, 1.54) is 18.4 Å². The van der Waals surface area contributed by atoms with E-state index in [2.05, 4.69) is 16.3 Å². The molecule has 0 bridgehead atoms. The molecule has 23 heavy (non-hydrogen) atoms. The molecule has 5 heteroatoms. The molecule has 2 aliphatic rings. The molecule has 0 spiro atoms. The summed E-state index contributed by atoms with van der Waals surface area (Å²) in [5.74, 6) is 1.58. The monoisotopic (exact) mass is 333 g/mol. The van der Waals surface area contributed by atoms with Gasteiger partial charge in [-0.2, -0.15) is 0 Å².